The number of nitrogens with two attached hydrogens (primary N) is 1. The summed E-state index contributed by atoms with van der Waals surface area (Å²) in [6.45, 7) is -0.430. The lowest BCUT2D eigenvalue weighted by molar-refractivity contribution is -0.142. The molecule has 0 spiro atoms. The van der Waals surface area contributed by atoms with E-state index in [1.807, 2.05) is 0 Å². The van der Waals surface area contributed by atoms with Crippen LogP contribution in [0.4, 0.5) is 11.5 Å². The molecule has 0 radical (unpaired) electrons. The van der Waals surface area contributed by atoms with Crippen LogP contribution >= 0.6 is 0 Å². The highest BCUT2D eigenvalue weighted by atomic mass is 16.5. The summed E-state index contributed by atoms with van der Waals surface area (Å²) in [4.78, 5) is 35.8. The molecule has 4 N–H and O–H groups in total. The number of amidine groups is 1. The molecule has 4 aromatic rings. The van der Waals surface area contributed by atoms with E-state index in [4.69, 9.17) is 20.0 Å². The zero-order chi connectivity index (χ0) is 28.9. The predicted molar refractivity (Wildman–Crippen MR) is 143 cm³/mol. The predicted octanol–water partition coefficient (Wildman–Crippen LogP) is 3.46. The number of carbonyl (C=O) groups is 2. The summed E-state index contributed by atoms with van der Waals surface area (Å²) in [5, 5.41) is 10.7. The number of anilines is 2. The van der Waals surface area contributed by atoms with Crippen molar-refractivity contribution < 1.29 is 18.4 Å². The Morgan fingerprint density at radius 1 is 1.16 bits per heavy atom. The number of pyridine rings is 1. The molecule has 10 heteroatoms. The van der Waals surface area contributed by atoms with E-state index in [-0.39, 0.29) is 43.3 Å². The molecule has 1 amide bonds. The van der Waals surface area contributed by atoms with Crippen LogP contribution in [0.2, 0.25) is 0 Å². The van der Waals surface area contributed by atoms with Crippen LogP contribution in [0.3, 0.4) is 0 Å². The number of esters is 1. The number of amides is 1. The highest BCUT2D eigenvalue weighted by Crippen LogP contribution is 2.21. The number of nitrogen functional groups attached to an aromatic ring is 1. The molecule has 0 aliphatic heterocycles. The maximum atomic E-state index is 13.6. The lowest BCUT2D eigenvalue weighted by atomic mass is 10.1. The maximum absolute atomic E-state index is 13.6. The van der Waals surface area contributed by atoms with Crippen molar-refractivity contribution in [1.29, 1.82) is 5.41 Å². The number of aryl methyl sites for hydroxylation is 1. The first-order chi connectivity index (χ1) is 19.1. The zero-order valence-corrected chi connectivity index (χ0v) is 20.3. The van der Waals surface area contributed by atoms with Crippen LogP contribution in [0.15, 0.2) is 66.9 Å². The molecule has 2 aromatic carbocycles. The molecule has 2 heterocycles. The second-order valence-corrected chi connectivity index (χ2v) is 8.11. The number of aromatic nitrogens is 3. The van der Waals surface area contributed by atoms with Gasteiger partial charge in [-0.3, -0.25) is 19.9 Å². The standard InChI is InChI=1S/C27H29N7O3/c1-3-37-25(35)13-15-34(23-6-4-5-14-30-23)27(36)19-9-12-22-21(16-19)32-24(33(22)2)17-31-20-10-7-18(8-11-20)26(28)29/h4-12,14,16,31H,3,13,15,17H2,1-2H3,(H3,28,29)/i2D3. The molecule has 0 unspecified atom stereocenters. The highest BCUT2D eigenvalue weighted by molar-refractivity contribution is 6.07. The second-order valence-electron chi connectivity index (χ2n) is 8.11. The van der Waals surface area contributed by atoms with E-state index < -0.39 is 18.9 Å². The molecule has 190 valence electrons. The topological polar surface area (TPSA) is 139 Å². The molecule has 10 nitrogen and oxygen atoms in total. The van der Waals surface area contributed by atoms with E-state index in [1.165, 1.54) is 17.0 Å². The van der Waals surface area contributed by atoms with E-state index >= 15 is 0 Å². The number of imidazole rings is 1. The number of nitrogens with zero attached hydrogens (tertiary/aromatic N) is 4. The number of benzene rings is 2. The highest BCUT2D eigenvalue weighted by Gasteiger charge is 2.21. The van der Waals surface area contributed by atoms with Crippen molar-refractivity contribution in [2.75, 3.05) is 23.4 Å². The second kappa shape index (κ2) is 11.3. The van der Waals surface area contributed by atoms with Crippen LogP contribution < -0.4 is 16.0 Å². The monoisotopic (exact) mass is 502 g/mol. The van der Waals surface area contributed by atoms with Crippen molar-refractivity contribution in [3.8, 4) is 0 Å². The third-order valence-electron chi connectivity index (χ3n) is 5.63. The molecule has 37 heavy (non-hydrogen) atoms. The van der Waals surface area contributed by atoms with Gasteiger partial charge in [0.15, 0.2) is 0 Å². The molecular weight excluding hydrogens is 470 g/mol. The van der Waals surface area contributed by atoms with E-state index in [2.05, 4.69) is 15.3 Å². The van der Waals surface area contributed by atoms with Crippen LogP contribution in [-0.4, -0.2) is 45.4 Å². The Bertz CT molecular complexity index is 1520. The molecule has 0 bridgehead atoms. The molecule has 0 aliphatic carbocycles. The van der Waals surface area contributed by atoms with Crippen molar-refractivity contribution in [2.24, 2.45) is 12.7 Å². The lowest BCUT2D eigenvalue weighted by Gasteiger charge is -2.21. The first-order valence-electron chi connectivity index (χ1n) is 13.2. The molecule has 0 saturated carbocycles. The Hall–Kier alpha value is -4.73. The molecule has 0 saturated heterocycles. The normalized spacial score (nSPS) is 12.3. The summed E-state index contributed by atoms with van der Waals surface area (Å²) in [6, 6.07) is 16.6. The van der Waals surface area contributed by atoms with Gasteiger partial charge < -0.3 is 20.4 Å². The number of nitrogens with one attached hydrogen (secondary N) is 2. The van der Waals surface area contributed by atoms with Crippen molar-refractivity contribution >= 4 is 40.3 Å². The molecule has 0 atom stereocenters. The van der Waals surface area contributed by atoms with Crippen molar-refractivity contribution in [2.45, 2.75) is 19.9 Å². The SMILES string of the molecule is [2H]C([2H])([2H])n1c(CNc2ccc(C(=N)N)cc2)nc2cc(C(=O)N(CCC(=O)OCC)c3ccccn3)ccc21. The van der Waals surface area contributed by atoms with Crippen LogP contribution in [0, 0.1) is 5.41 Å². The van der Waals surface area contributed by atoms with Gasteiger partial charge in [-0.2, -0.15) is 0 Å². The van der Waals surface area contributed by atoms with Gasteiger partial charge in [0.2, 0.25) is 0 Å². The molecular formula is C27H29N7O3. The maximum Gasteiger partial charge on any atom is 0.307 e. The Balaban J connectivity index is 1.64. The average molecular weight is 503 g/mol. The summed E-state index contributed by atoms with van der Waals surface area (Å²) < 4.78 is 30.4. The number of rotatable bonds is 10. The Morgan fingerprint density at radius 2 is 1.95 bits per heavy atom. The van der Waals surface area contributed by atoms with Gasteiger partial charge in [-0.15, -0.1) is 0 Å². The molecule has 0 fully saturated rings. The van der Waals surface area contributed by atoms with Crippen LogP contribution in [0.25, 0.3) is 11.0 Å². The number of fused-ring (bicyclic) bond motifs is 1. The first-order valence-corrected chi connectivity index (χ1v) is 11.7. The Kier molecular flexibility index (Phi) is 6.60. The number of ether oxygens (including phenoxy) is 1. The summed E-state index contributed by atoms with van der Waals surface area (Å²) in [7, 11) is 0. The number of hydrogen-bond donors (Lipinski definition) is 3. The molecule has 2 aromatic heterocycles. The van der Waals surface area contributed by atoms with E-state index in [0.29, 0.717) is 28.1 Å². The van der Waals surface area contributed by atoms with Crippen LogP contribution in [0.5, 0.6) is 0 Å². The van der Waals surface area contributed by atoms with Gasteiger partial charge in [-0.05, 0) is 61.5 Å². The van der Waals surface area contributed by atoms with Crippen molar-refractivity contribution in [1.82, 2.24) is 14.5 Å². The smallest absolute Gasteiger partial charge is 0.307 e. The fourth-order valence-corrected chi connectivity index (χ4v) is 3.76. The minimum atomic E-state index is -2.52. The minimum absolute atomic E-state index is 0.0186. The summed E-state index contributed by atoms with van der Waals surface area (Å²) in [5.74, 6) is -0.289. The summed E-state index contributed by atoms with van der Waals surface area (Å²) >= 11 is 0. The van der Waals surface area contributed by atoms with Gasteiger partial charge in [0.25, 0.3) is 5.91 Å². The fraction of sp³-hybridized carbons (Fsp3) is 0.222. The van der Waals surface area contributed by atoms with Crippen LogP contribution in [-0.2, 0) is 23.1 Å². The van der Waals surface area contributed by atoms with Gasteiger partial charge >= 0.3 is 5.97 Å². The van der Waals surface area contributed by atoms with Crippen molar-refractivity contribution in [3.05, 3.63) is 83.8 Å². The fourth-order valence-electron chi connectivity index (χ4n) is 3.76. The Morgan fingerprint density at radius 3 is 2.62 bits per heavy atom. The third-order valence-corrected chi connectivity index (χ3v) is 5.63. The quantitative estimate of drug-likeness (QED) is 0.171. The lowest BCUT2D eigenvalue weighted by Crippen LogP contribution is -2.34. The summed E-state index contributed by atoms with van der Waals surface area (Å²) in [5.41, 5.74) is 7.70. The van der Waals surface area contributed by atoms with Gasteiger partial charge in [0.05, 0.1) is 30.6 Å². The van der Waals surface area contributed by atoms with Gasteiger partial charge in [-0.25, -0.2) is 9.97 Å². The number of carbonyl (C=O) groups excluding carboxylic acids is 2. The molecule has 0 aliphatic rings. The van der Waals surface area contributed by atoms with Crippen LogP contribution in [0.1, 0.15) is 39.2 Å². The van der Waals surface area contributed by atoms with E-state index in [1.54, 1.807) is 61.7 Å². The Labute approximate surface area is 218 Å². The van der Waals surface area contributed by atoms with Crippen molar-refractivity contribution in [3.63, 3.8) is 0 Å². The van der Waals surface area contributed by atoms with Gasteiger partial charge in [0.1, 0.15) is 17.5 Å². The van der Waals surface area contributed by atoms with E-state index in [0.717, 1.165) is 4.57 Å². The zero-order valence-electron chi connectivity index (χ0n) is 23.3. The molecule has 4 rings (SSSR count). The average Bonchev–Trinajstić information content (AvgIpc) is 3.31. The minimum Gasteiger partial charge on any atom is -0.466 e. The van der Waals surface area contributed by atoms with Gasteiger partial charge in [0, 0.05) is 40.6 Å². The van der Waals surface area contributed by atoms with Gasteiger partial charge in [-0.1, -0.05) is 6.07 Å². The van der Waals surface area contributed by atoms with E-state index in [9.17, 15) is 9.59 Å². The third kappa shape index (κ3) is 5.92. The largest absolute Gasteiger partial charge is 0.466 e. The summed E-state index contributed by atoms with van der Waals surface area (Å²) in [6.07, 6.45) is 1.53. The first kappa shape index (κ1) is 21.5. The number of hydrogen-bond acceptors (Lipinski definition) is 7.